The van der Waals surface area contributed by atoms with Crippen LogP contribution in [0.2, 0.25) is 0 Å². The van der Waals surface area contributed by atoms with Crippen molar-refractivity contribution in [3.63, 3.8) is 0 Å². The molecule has 0 bridgehead atoms. The van der Waals surface area contributed by atoms with Crippen molar-refractivity contribution >= 4 is 0 Å². The van der Waals surface area contributed by atoms with Gasteiger partial charge in [0, 0.05) is 0 Å². The predicted octanol–water partition coefficient (Wildman–Crippen LogP) is 9.46. The maximum atomic E-state index is 2.33. The van der Waals surface area contributed by atoms with Gasteiger partial charge < -0.3 is 0 Å². The first-order chi connectivity index (χ1) is 11.8. The molecule has 0 aliphatic rings. The van der Waals surface area contributed by atoms with Crippen LogP contribution in [0.25, 0.3) is 0 Å². The standard InChI is InChI=1S/C24H50/c1-4-7-10-12-14-16-19-22-24(21-18-9-6-3)23-20-17-15-13-11-8-5-2/h24H,4-23H2,1-3H3. The van der Waals surface area contributed by atoms with E-state index in [0.717, 1.165) is 5.92 Å². The van der Waals surface area contributed by atoms with E-state index < -0.39 is 0 Å². The molecule has 0 nitrogen and oxygen atoms in total. The lowest BCUT2D eigenvalue weighted by Gasteiger charge is -2.17. The molecule has 0 fully saturated rings. The van der Waals surface area contributed by atoms with Crippen LogP contribution in [0.5, 0.6) is 0 Å². The Morgan fingerprint density at radius 3 is 0.958 bits per heavy atom. The lowest BCUT2D eigenvalue weighted by Crippen LogP contribution is -2.01. The fourth-order valence-corrected chi connectivity index (χ4v) is 3.90. The van der Waals surface area contributed by atoms with Gasteiger partial charge in [0.25, 0.3) is 0 Å². The molecule has 0 radical (unpaired) electrons. The third-order valence-electron chi connectivity index (χ3n) is 5.65. The summed E-state index contributed by atoms with van der Waals surface area (Å²) < 4.78 is 0. The topological polar surface area (TPSA) is 0 Å². The van der Waals surface area contributed by atoms with E-state index in [0.29, 0.717) is 0 Å². The Morgan fingerprint density at radius 1 is 0.333 bits per heavy atom. The Hall–Kier alpha value is 0. The molecule has 0 aromatic rings. The summed E-state index contributed by atoms with van der Waals surface area (Å²) >= 11 is 0. The minimum absolute atomic E-state index is 1.04. The van der Waals surface area contributed by atoms with Gasteiger partial charge in [-0.2, -0.15) is 0 Å². The van der Waals surface area contributed by atoms with E-state index in [1.807, 2.05) is 0 Å². The molecule has 0 aromatic heterocycles. The van der Waals surface area contributed by atoms with E-state index in [9.17, 15) is 0 Å². The van der Waals surface area contributed by atoms with Gasteiger partial charge in [0.2, 0.25) is 0 Å². The highest BCUT2D eigenvalue weighted by atomic mass is 14.1. The molecule has 0 rings (SSSR count). The van der Waals surface area contributed by atoms with Gasteiger partial charge in [-0.05, 0) is 5.92 Å². The zero-order valence-corrected chi connectivity index (χ0v) is 17.7. The van der Waals surface area contributed by atoms with Crippen LogP contribution in [-0.4, -0.2) is 0 Å². The normalized spacial score (nSPS) is 11.5. The van der Waals surface area contributed by atoms with E-state index in [2.05, 4.69) is 20.8 Å². The molecule has 146 valence electrons. The minimum atomic E-state index is 1.04. The van der Waals surface area contributed by atoms with Gasteiger partial charge in [0.15, 0.2) is 0 Å². The van der Waals surface area contributed by atoms with Crippen molar-refractivity contribution in [3.05, 3.63) is 0 Å². The summed E-state index contributed by atoms with van der Waals surface area (Å²) in [5.41, 5.74) is 0. The zero-order valence-electron chi connectivity index (χ0n) is 17.7. The summed E-state index contributed by atoms with van der Waals surface area (Å²) in [6.07, 6.45) is 29.3. The maximum Gasteiger partial charge on any atom is -0.0414 e. The molecule has 0 saturated carbocycles. The number of rotatable bonds is 20. The van der Waals surface area contributed by atoms with Gasteiger partial charge in [0.05, 0.1) is 0 Å². The van der Waals surface area contributed by atoms with E-state index in [1.54, 1.807) is 0 Å². The average molecular weight is 339 g/mol. The van der Waals surface area contributed by atoms with Crippen LogP contribution < -0.4 is 0 Å². The minimum Gasteiger partial charge on any atom is -0.0654 e. The largest absolute Gasteiger partial charge is 0.0654 e. The fraction of sp³-hybridized carbons (Fsp3) is 1.00. The van der Waals surface area contributed by atoms with E-state index in [4.69, 9.17) is 0 Å². The van der Waals surface area contributed by atoms with Gasteiger partial charge in [-0.3, -0.25) is 0 Å². The molecular formula is C24H50. The molecule has 0 saturated heterocycles. The van der Waals surface area contributed by atoms with Crippen LogP contribution >= 0.6 is 0 Å². The number of unbranched alkanes of at least 4 members (excludes halogenated alkanes) is 14. The van der Waals surface area contributed by atoms with Crippen LogP contribution in [-0.2, 0) is 0 Å². The fourth-order valence-electron chi connectivity index (χ4n) is 3.90. The second-order valence-corrected chi connectivity index (χ2v) is 8.18. The van der Waals surface area contributed by atoms with Gasteiger partial charge in [-0.15, -0.1) is 0 Å². The van der Waals surface area contributed by atoms with Crippen molar-refractivity contribution in [1.29, 1.82) is 0 Å². The third-order valence-corrected chi connectivity index (χ3v) is 5.65. The Labute approximate surface area is 155 Å². The van der Waals surface area contributed by atoms with Gasteiger partial charge in [-0.25, -0.2) is 0 Å². The summed E-state index contributed by atoms with van der Waals surface area (Å²) in [6, 6.07) is 0. The van der Waals surface area contributed by atoms with E-state index in [1.165, 1.54) is 128 Å². The van der Waals surface area contributed by atoms with Crippen LogP contribution in [0.1, 0.15) is 149 Å². The predicted molar refractivity (Wildman–Crippen MR) is 113 cm³/mol. The highest BCUT2D eigenvalue weighted by Gasteiger charge is 2.08. The second kappa shape index (κ2) is 21.0. The van der Waals surface area contributed by atoms with Crippen LogP contribution in [0.4, 0.5) is 0 Å². The number of hydrogen-bond donors (Lipinski definition) is 0. The quantitative estimate of drug-likeness (QED) is 0.194. The SMILES string of the molecule is CCCCCCCCCC(CCCCC)CCCCCCCCC. The highest BCUT2D eigenvalue weighted by molar-refractivity contribution is 4.62. The zero-order chi connectivity index (χ0) is 17.7. The first kappa shape index (κ1) is 24.0. The molecule has 0 spiro atoms. The molecule has 0 N–H and O–H groups in total. The third kappa shape index (κ3) is 18.3. The van der Waals surface area contributed by atoms with Crippen molar-refractivity contribution in [2.24, 2.45) is 5.92 Å². The molecular weight excluding hydrogens is 288 g/mol. The lowest BCUT2D eigenvalue weighted by atomic mass is 9.89. The van der Waals surface area contributed by atoms with Crippen LogP contribution in [0.3, 0.4) is 0 Å². The summed E-state index contributed by atoms with van der Waals surface area (Å²) in [5, 5.41) is 0. The van der Waals surface area contributed by atoms with Crippen molar-refractivity contribution in [1.82, 2.24) is 0 Å². The smallest absolute Gasteiger partial charge is 0.0414 e. The second-order valence-electron chi connectivity index (χ2n) is 8.18. The van der Waals surface area contributed by atoms with Crippen molar-refractivity contribution in [3.8, 4) is 0 Å². The molecule has 0 atom stereocenters. The molecule has 0 aliphatic heterocycles. The number of hydrogen-bond acceptors (Lipinski definition) is 0. The lowest BCUT2D eigenvalue weighted by molar-refractivity contribution is 0.367. The Kier molecular flexibility index (Phi) is 21.0. The van der Waals surface area contributed by atoms with Gasteiger partial charge in [0.1, 0.15) is 0 Å². The van der Waals surface area contributed by atoms with E-state index in [-0.39, 0.29) is 0 Å². The molecule has 0 aliphatic carbocycles. The first-order valence-electron chi connectivity index (χ1n) is 11.8. The van der Waals surface area contributed by atoms with Crippen molar-refractivity contribution in [2.45, 2.75) is 149 Å². The molecule has 0 heterocycles. The summed E-state index contributed by atoms with van der Waals surface area (Å²) in [4.78, 5) is 0. The first-order valence-corrected chi connectivity index (χ1v) is 11.8. The van der Waals surface area contributed by atoms with Gasteiger partial charge in [-0.1, -0.05) is 149 Å². The van der Waals surface area contributed by atoms with Crippen LogP contribution in [0, 0.1) is 5.92 Å². The van der Waals surface area contributed by atoms with Crippen molar-refractivity contribution in [2.75, 3.05) is 0 Å². The van der Waals surface area contributed by atoms with Gasteiger partial charge >= 0.3 is 0 Å². The summed E-state index contributed by atoms with van der Waals surface area (Å²) in [6.45, 7) is 6.96. The Balaban J connectivity index is 3.64. The molecule has 0 amide bonds. The molecule has 0 heteroatoms. The Morgan fingerprint density at radius 2 is 0.583 bits per heavy atom. The highest BCUT2D eigenvalue weighted by Crippen LogP contribution is 2.24. The molecule has 24 heavy (non-hydrogen) atoms. The Bertz CT molecular complexity index is 190. The maximum absolute atomic E-state index is 2.33. The monoisotopic (exact) mass is 338 g/mol. The average Bonchev–Trinajstić information content (AvgIpc) is 2.59. The van der Waals surface area contributed by atoms with Crippen LogP contribution in [0.15, 0.2) is 0 Å². The van der Waals surface area contributed by atoms with Crippen molar-refractivity contribution < 1.29 is 0 Å². The summed E-state index contributed by atoms with van der Waals surface area (Å²) in [5.74, 6) is 1.04. The summed E-state index contributed by atoms with van der Waals surface area (Å²) in [7, 11) is 0. The molecule has 0 aromatic carbocycles. The van der Waals surface area contributed by atoms with E-state index >= 15 is 0 Å². The molecule has 0 unspecified atom stereocenters.